The van der Waals surface area contributed by atoms with Gasteiger partial charge in [-0.1, -0.05) is 20.8 Å². The van der Waals surface area contributed by atoms with Crippen LogP contribution in [0.2, 0.25) is 0 Å². The van der Waals surface area contributed by atoms with Crippen LogP contribution in [-0.2, 0) is 18.4 Å². The Hall–Kier alpha value is -2.70. The summed E-state index contributed by atoms with van der Waals surface area (Å²) in [4.78, 5) is 23.5. The molecule has 7 nitrogen and oxygen atoms in total. The van der Waals surface area contributed by atoms with Crippen molar-refractivity contribution >= 4 is 11.6 Å². The van der Waals surface area contributed by atoms with Gasteiger partial charge in [-0.15, -0.1) is 0 Å². The quantitative estimate of drug-likeness (QED) is 0.685. The van der Waals surface area contributed by atoms with Crippen molar-refractivity contribution in [3.05, 3.63) is 47.6 Å². The summed E-state index contributed by atoms with van der Waals surface area (Å²) in [5, 5.41) is 4.19. The van der Waals surface area contributed by atoms with Crippen molar-refractivity contribution in [1.82, 2.24) is 24.5 Å². The Bertz CT molecular complexity index is 919. The first-order chi connectivity index (χ1) is 11.4. The van der Waals surface area contributed by atoms with Gasteiger partial charge in [-0.25, -0.2) is 14.5 Å². The predicted molar refractivity (Wildman–Crippen MR) is 86.6 cm³/mol. The monoisotopic (exact) mass is 325 g/mol. The molecule has 0 atom stereocenters. The van der Waals surface area contributed by atoms with E-state index in [9.17, 15) is 4.79 Å². The van der Waals surface area contributed by atoms with Crippen molar-refractivity contribution in [2.75, 3.05) is 6.54 Å². The molecule has 4 rings (SSSR count). The average molecular weight is 325 g/mol. The molecule has 1 aliphatic heterocycles. The van der Waals surface area contributed by atoms with Crippen molar-refractivity contribution < 1.29 is 9.21 Å². The van der Waals surface area contributed by atoms with E-state index < -0.39 is 0 Å². The summed E-state index contributed by atoms with van der Waals surface area (Å²) in [7, 11) is 0. The second kappa shape index (κ2) is 5.15. The molecule has 1 amide bonds. The Balaban J connectivity index is 1.62. The fourth-order valence-corrected chi connectivity index (χ4v) is 2.84. The van der Waals surface area contributed by atoms with E-state index >= 15 is 0 Å². The normalized spacial score (nSPS) is 14.9. The van der Waals surface area contributed by atoms with Crippen LogP contribution < -0.4 is 0 Å². The topological polar surface area (TPSA) is 76.5 Å². The molecule has 1 aliphatic rings. The zero-order valence-electron chi connectivity index (χ0n) is 14.0. The van der Waals surface area contributed by atoms with Gasteiger partial charge in [0.2, 0.25) is 0 Å². The van der Waals surface area contributed by atoms with Gasteiger partial charge in [0.05, 0.1) is 12.7 Å². The average Bonchev–Trinajstić information content (AvgIpc) is 3.17. The van der Waals surface area contributed by atoms with Gasteiger partial charge >= 0.3 is 0 Å². The zero-order valence-corrected chi connectivity index (χ0v) is 14.0. The number of aromatic nitrogens is 4. The van der Waals surface area contributed by atoms with Crippen LogP contribution in [0.15, 0.2) is 29.1 Å². The number of hydrogen-bond donors (Lipinski definition) is 0. The smallest absolute Gasteiger partial charge is 0.259 e. The number of carbonyl (C=O) groups excluding carboxylic acids is 1. The van der Waals surface area contributed by atoms with Crippen molar-refractivity contribution in [3.8, 4) is 0 Å². The molecule has 0 fully saturated rings. The lowest BCUT2D eigenvalue weighted by Gasteiger charge is -2.24. The van der Waals surface area contributed by atoms with E-state index in [1.54, 1.807) is 34.1 Å². The van der Waals surface area contributed by atoms with Crippen LogP contribution in [0.5, 0.6) is 0 Å². The molecular weight excluding hydrogens is 306 g/mol. The molecule has 124 valence electrons. The Morgan fingerprint density at radius 1 is 1.33 bits per heavy atom. The maximum atomic E-state index is 12.9. The van der Waals surface area contributed by atoms with Gasteiger partial charge in [0, 0.05) is 30.8 Å². The van der Waals surface area contributed by atoms with Crippen molar-refractivity contribution in [3.63, 3.8) is 0 Å². The van der Waals surface area contributed by atoms with Crippen LogP contribution in [0.25, 0.3) is 5.65 Å². The molecule has 0 aromatic carbocycles. The highest BCUT2D eigenvalue weighted by Gasteiger charge is 2.30. The van der Waals surface area contributed by atoms with E-state index in [4.69, 9.17) is 4.42 Å². The van der Waals surface area contributed by atoms with E-state index in [0.717, 1.165) is 17.3 Å². The zero-order chi connectivity index (χ0) is 16.9. The van der Waals surface area contributed by atoms with Crippen LogP contribution >= 0.6 is 0 Å². The van der Waals surface area contributed by atoms with Crippen LogP contribution in [0, 0.1) is 0 Å². The molecule has 7 heteroatoms. The predicted octanol–water partition coefficient (Wildman–Crippen LogP) is 2.21. The highest BCUT2D eigenvalue weighted by atomic mass is 16.4. The van der Waals surface area contributed by atoms with Gasteiger partial charge in [-0.2, -0.15) is 5.10 Å². The number of amides is 1. The molecule has 3 aromatic rings. The lowest BCUT2D eigenvalue weighted by atomic mass is 9.97. The second-order valence-electron chi connectivity index (χ2n) is 7.06. The molecule has 3 aromatic heterocycles. The molecule has 24 heavy (non-hydrogen) atoms. The first-order valence-corrected chi connectivity index (χ1v) is 8.00. The summed E-state index contributed by atoms with van der Waals surface area (Å²) in [6, 6.07) is 1.78. The molecule has 4 heterocycles. The summed E-state index contributed by atoms with van der Waals surface area (Å²) in [6.45, 7) is 7.26. The number of carbonyl (C=O) groups is 1. The van der Waals surface area contributed by atoms with Gasteiger partial charge in [-0.3, -0.25) is 4.79 Å². The Morgan fingerprint density at radius 3 is 2.96 bits per heavy atom. The van der Waals surface area contributed by atoms with Crippen LogP contribution in [0.1, 0.15) is 48.5 Å². The first-order valence-electron chi connectivity index (χ1n) is 8.00. The highest BCUT2D eigenvalue weighted by molar-refractivity contribution is 5.99. The molecule has 0 saturated heterocycles. The molecule has 0 bridgehead atoms. The maximum Gasteiger partial charge on any atom is 0.259 e. The Labute approximate surface area is 139 Å². The Morgan fingerprint density at radius 2 is 2.17 bits per heavy atom. The number of hydrogen-bond acceptors (Lipinski definition) is 5. The largest absolute Gasteiger partial charge is 0.445 e. The fraction of sp³-hybridized carbons (Fsp3) is 0.412. The van der Waals surface area contributed by atoms with Crippen LogP contribution in [0.3, 0.4) is 0 Å². The van der Waals surface area contributed by atoms with Gasteiger partial charge in [0.25, 0.3) is 5.91 Å². The van der Waals surface area contributed by atoms with Crippen LogP contribution in [-0.4, -0.2) is 36.9 Å². The molecule has 0 N–H and O–H groups in total. The van der Waals surface area contributed by atoms with E-state index in [1.165, 1.54) is 0 Å². The lowest BCUT2D eigenvalue weighted by molar-refractivity contribution is 0.0729. The van der Waals surface area contributed by atoms with E-state index in [1.807, 2.05) is 0 Å². The van der Waals surface area contributed by atoms with E-state index in [-0.39, 0.29) is 11.3 Å². The van der Waals surface area contributed by atoms with E-state index in [0.29, 0.717) is 30.7 Å². The molecular formula is C17H19N5O2. The van der Waals surface area contributed by atoms with Gasteiger partial charge in [0.1, 0.15) is 17.0 Å². The fourth-order valence-electron chi connectivity index (χ4n) is 2.84. The highest BCUT2D eigenvalue weighted by Crippen LogP contribution is 2.28. The van der Waals surface area contributed by atoms with Gasteiger partial charge < -0.3 is 9.32 Å². The van der Waals surface area contributed by atoms with Gasteiger partial charge in [0.15, 0.2) is 11.5 Å². The summed E-state index contributed by atoms with van der Waals surface area (Å²) in [6.07, 6.45) is 5.69. The summed E-state index contributed by atoms with van der Waals surface area (Å²) in [5.74, 6) is 1.54. The number of fused-ring (bicyclic) bond motifs is 2. The van der Waals surface area contributed by atoms with E-state index in [2.05, 4.69) is 35.8 Å². The third-order valence-electron chi connectivity index (χ3n) is 4.17. The maximum absolute atomic E-state index is 12.9. The molecule has 0 unspecified atom stereocenters. The minimum absolute atomic E-state index is 0.0744. The summed E-state index contributed by atoms with van der Waals surface area (Å²) >= 11 is 0. The summed E-state index contributed by atoms with van der Waals surface area (Å²) in [5.41, 5.74) is 1.80. The number of oxazole rings is 1. The Kier molecular flexibility index (Phi) is 3.19. The number of nitrogens with zero attached hydrogens (tertiary/aromatic N) is 5. The van der Waals surface area contributed by atoms with Gasteiger partial charge in [-0.05, 0) is 6.07 Å². The summed E-state index contributed by atoms with van der Waals surface area (Å²) < 4.78 is 7.49. The minimum Gasteiger partial charge on any atom is -0.445 e. The van der Waals surface area contributed by atoms with Crippen LogP contribution in [0.4, 0.5) is 0 Å². The molecule has 0 spiro atoms. The first kappa shape index (κ1) is 14.9. The molecule has 0 radical (unpaired) electrons. The molecule has 0 saturated carbocycles. The molecule has 0 aliphatic carbocycles. The SMILES string of the molecule is CC(C)(C)c1nc2c(o1)CCN(C(=O)c1cnn3cccnc13)C2. The third kappa shape index (κ3) is 2.36. The van der Waals surface area contributed by atoms with Crippen molar-refractivity contribution in [1.29, 1.82) is 0 Å². The van der Waals surface area contributed by atoms with Crippen molar-refractivity contribution in [2.24, 2.45) is 0 Å². The third-order valence-corrected chi connectivity index (χ3v) is 4.17. The number of rotatable bonds is 1. The van der Waals surface area contributed by atoms with Crippen molar-refractivity contribution in [2.45, 2.75) is 39.2 Å². The second-order valence-corrected chi connectivity index (χ2v) is 7.06. The lowest BCUT2D eigenvalue weighted by Crippen LogP contribution is -2.35. The standard InChI is InChI=1S/C17H19N5O2/c1-17(2,3)16-20-12-10-21(8-5-13(12)24-16)15(23)11-9-19-22-7-4-6-18-14(11)22/h4,6-7,9H,5,8,10H2,1-3H3. The minimum atomic E-state index is -0.140.